The van der Waals surface area contributed by atoms with Crippen LogP contribution in [0.4, 0.5) is 17.6 Å². The largest absolute Gasteiger partial charge is 0.462 e. The van der Waals surface area contributed by atoms with Crippen LogP contribution in [0.3, 0.4) is 0 Å². The molecule has 0 atom stereocenters. The Hall–Kier alpha value is -3.08. The molecule has 1 fully saturated rings. The quantitative estimate of drug-likeness (QED) is 0.146. The van der Waals surface area contributed by atoms with E-state index in [-0.39, 0.29) is 22.8 Å². The Labute approximate surface area is 223 Å². The van der Waals surface area contributed by atoms with Crippen LogP contribution in [0.2, 0.25) is 0 Å². The lowest BCUT2D eigenvalue weighted by molar-refractivity contribution is 0.298. The summed E-state index contributed by atoms with van der Waals surface area (Å²) in [5, 5.41) is 0. The first-order chi connectivity index (χ1) is 18.4. The molecule has 0 aliphatic heterocycles. The minimum absolute atomic E-state index is 0.0469. The molecule has 38 heavy (non-hydrogen) atoms. The number of unbranched alkanes of at least 4 members (excludes halogenated alkanes) is 2. The number of rotatable bonds is 10. The average Bonchev–Trinajstić information content (AvgIpc) is 2.94. The molecular weight excluding hydrogens is 488 g/mol. The van der Waals surface area contributed by atoms with Crippen molar-refractivity contribution >= 4 is 0 Å². The van der Waals surface area contributed by atoms with Crippen LogP contribution in [0.15, 0.2) is 60.9 Å². The van der Waals surface area contributed by atoms with Crippen molar-refractivity contribution in [2.75, 3.05) is 0 Å². The van der Waals surface area contributed by atoms with Gasteiger partial charge in [0.2, 0.25) is 5.82 Å². The normalized spacial score (nSPS) is 17.7. The van der Waals surface area contributed by atoms with Gasteiger partial charge < -0.3 is 4.74 Å². The highest BCUT2D eigenvalue weighted by Crippen LogP contribution is 2.40. The Morgan fingerprint density at radius 3 is 1.92 bits per heavy atom. The van der Waals surface area contributed by atoms with Crippen molar-refractivity contribution in [3.8, 4) is 28.0 Å². The predicted octanol–water partition coefficient (Wildman–Crippen LogP) is 10.7. The molecule has 4 rings (SSSR count). The van der Waals surface area contributed by atoms with E-state index in [1.54, 1.807) is 42.5 Å². The van der Waals surface area contributed by atoms with E-state index < -0.39 is 23.3 Å². The molecule has 1 aliphatic rings. The number of halogens is 4. The molecule has 0 aromatic heterocycles. The Balaban J connectivity index is 1.48. The third-order valence-corrected chi connectivity index (χ3v) is 7.70. The second-order valence-corrected chi connectivity index (χ2v) is 10.3. The molecule has 0 N–H and O–H groups in total. The summed E-state index contributed by atoms with van der Waals surface area (Å²) >= 11 is 0. The van der Waals surface area contributed by atoms with Gasteiger partial charge in [-0.1, -0.05) is 75.9 Å². The molecule has 0 saturated heterocycles. The molecule has 1 nitrogen and oxygen atoms in total. The zero-order valence-corrected chi connectivity index (χ0v) is 22.2. The van der Waals surface area contributed by atoms with Crippen molar-refractivity contribution in [3.05, 3.63) is 89.7 Å². The third kappa shape index (κ3) is 6.31. The van der Waals surface area contributed by atoms with Crippen LogP contribution in [0.5, 0.6) is 5.75 Å². The van der Waals surface area contributed by atoms with Crippen LogP contribution in [0, 0.1) is 29.2 Å². The fraction of sp³-hybridized carbons (Fsp3) is 0.394. The van der Waals surface area contributed by atoms with Crippen LogP contribution in [0.1, 0.15) is 83.1 Å². The third-order valence-electron chi connectivity index (χ3n) is 7.70. The van der Waals surface area contributed by atoms with Crippen molar-refractivity contribution in [3.63, 3.8) is 0 Å². The van der Waals surface area contributed by atoms with Gasteiger partial charge in [-0.2, -0.15) is 4.39 Å². The van der Waals surface area contributed by atoms with Gasteiger partial charge in [-0.3, -0.25) is 0 Å². The van der Waals surface area contributed by atoms with Crippen LogP contribution in [-0.2, 0) is 0 Å². The molecule has 1 saturated carbocycles. The van der Waals surface area contributed by atoms with Crippen LogP contribution < -0.4 is 4.74 Å². The Kier molecular flexibility index (Phi) is 9.65. The summed E-state index contributed by atoms with van der Waals surface area (Å²) < 4.78 is 64.7. The number of allylic oxidation sites excluding steroid dienone is 1. The van der Waals surface area contributed by atoms with Gasteiger partial charge in [0, 0.05) is 11.1 Å². The van der Waals surface area contributed by atoms with Gasteiger partial charge in [-0.25, -0.2) is 13.2 Å². The fourth-order valence-corrected chi connectivity index (χ4v) is 5.44. The smallest absolute Gasteiger partial charge is 0.201 e. The van der Waals surface area contributed by atoms with Crippen molar-refractivity contribution in [1.29, 1.82) is 0 Å². The molecular formula is C33H36F4O. The topological polar surface area (TPSA) is 9.23 Å². The number of hydrogen-bond acceptors (Lipinski definition) is 1. The van der Waals surface area contributed by atoms with Crippen LogP contribution >= 0.6 is 0 Å². The van der Waals surface area contributed by atoms with Gasteiger partial charge in [0.25, 0.3) is 0 Å². The minimum atomic E-state index is -1.08. The standard InChI is InChI=1S/C33H36F4O/c1-3-5-7-8-22-9-11-23(12-10-22)26-17-18-27(31(35)30(26)34)24-13-15-25(16-14-24)28-19-20-29(33(37)32(28)36)38-21-6-4-2/h6,13-23H,3-5,7-12H2,1-2H3/b21-6-. The zero-order valence-electron chi connectivity index (χ0n) is 22.2. The van der Waals surface area contributed by atoms with E-state index in [9.17, 15) is 8.78 Å². The van der Waals surface area contributed by atoms with E-state index in [1.165, 1.54) is 44.1 Å². The molecule has 202 valence electrons. The van der Waals surface area contributed by atoms with Crippen LogP contribution in [0.25, 0.3) is 22.3 Å². The maximum absolute atomic E-state index is 15.2. The summed E-state index contributed by atoms with van der Waals surface area (Å²) in [6, 6.07) is 12.5. The minimum Gasteiger partial charge on any atom is -0.462 e. The van der Waals surface area contributed by atoms with Gasteiger partial charge in [-0.05, 0) is 78.8 Å². The highest BCUT2D eigenvalue weighted by Gasteiger charge is 2.26. The second-order valence-electron chi connectivity index (χ2n) is 10.3. The Bertz CT molecular complexity index is 1240. The monoisotopic (exact) mass is 524 g/mol. The number of hydrogen-bond donors (Lipinski definition) is 0. The lowest BCUT2D eigenvalue weighted by Gasteiger charge is -2.29. The van der Waals surface area contributed by atoms with Crippen molar-refractivity contribution in [2.45, 2.75) is 77.6 Å². The van der Waals surface area contributed by atoms with E-state index in [2.05, 4.69) is 6.92 Å². The maximum Gasteiger partial charge on any atom is 0.201 e. The molecule has 0 radical (unpaired) electrons. The van der Waals surface area contributed by atoms with E-state index in [1.807, 2.05) is 6.92 Å². The number of benzene rings is 3. The van der Waals surface area contributed by atoms with Gasteiger partial charge in [0.05, 0.1) is 6.26 Å². The molecule has 0 heterocycles. The van der Waals surface area contributed by atoms with Crippen LogP contribution in [-0.4, -0.2) is 0 Å². The first-order valence-corrected chi connectivity index (χ1v) is 13.8. The second kappa shape index (κ2) is 13.1. The van der Waals surface area contributed by atoms with E-state index in [0.29, 0.717) is 29.0 Å². The molecule has 5 heteroatoms. The van der Waals surface area contributed by atoms with E-state index in [4.69, 9.17) is 4.74 Å². The summed E-state index contributed by atoms with van der Waals surface area (Å²) in [4.78, 5) is 0. The summed E-state index contributed by atoms with van der Waals surface area (Å²) in [6.07, 6.45) is 12.6. The first-order valence-electron chi connectivity index (χ1n) is 13.8. The summed E-state index contributed by atoms with van der Waals surface area (Å²) in [7, 11) is 0. The summed E-state index contributed by atoms with van der Waals surface area (Å²) in [5.41, 5.74) is 1.58. The average molecular weight is 525 g/mol. The molecule has 1 aliphatic carbocycles. The van der Waals surface area contributed by atoms with Gasteiger partial charge >= 0.3 is 0 Å². The summed E-state index contributed by atoms with van der Waals surface area (Å²) in [6.45, 7) is 4.11. The highest BCUT2D eigenvalue weighted by atomic mass is 19.2. The molecule has 0 bridgehead atoms. The molecule has 0 spiro atoms. The Morgan fingerprint density at radius 1 is 0.711 bits per heavy atom. The van der Waals surface area contributed by atoms with Gasteiger partial charge in [-0.15, -0.1) is 0 Å². The lowest BCUT2D eigenvalue weighted by Crippen LogP contribution is -2.15. The zero-order chi connectivity index (χ0) is 27.1. The molecule has 3 aromatic rings. The SMILES string of the molecule is CC/C=C\Oc1ccc(-c2ccc(-c3ccc(C4CCC(CCCCC)CC4)c(F)c3F)cc2)c(F)c1F. The highest BCUT2D eigenvalue weighted by molar-refractivity contribution is 5.72. The first kappa shape index (κ1) is 27.9. The molecule has 3 aromatic carbocycles. The maximum atomic E-state index is 15.2. The molecule has 0 amide bonds. The van der Waals surface area contributed by atoms with Crippen molar-refractivity contribution in [1.82, 2.24) is 0 Å². The lowest BCUT2D eigenvalue weighted by atomic mass is 9.76. The van der Waals surface area contributed by atoms with E-state index in [0.717, 1.165) is 25.7 Å². The van der Waals surface area contributed by atoms with Crippen molar-refractivity contribution in [2.24, 2.45) is 5.92 Å². The van der Waals surface area contributed by atoms with Crippen molar-refractivity contribution < 1.29 is 22.3 Å². The fourth-order valence-electron chi connectivity index (χ4n) is 5.44. The predicted molar refractivity (Wildman–Crippen MR) is 146 cm³/mol. The van der Waals surface area contributed by atoms with E-state index >= 15 is 8.78 Å². The Morgan fingerprint density at radius 2 is 1.32 bits per heavy atom. The van der Waals surface area contributed by atoms with Gasteiger partial charge in [0.15, 0.2) is 23.2 Å². The van der Waals surface area contributed by atoms with Gasteiger partial charge in [0.1, 0.15) is 0 Å². The summed E-state index contributed by atoms with van der Waals surface area (Å²) in [5.74, 6) is -3.20. The number of ether oxygens (including phenoxy) is 1. The molecule has 0 unspecified atom stereocenters.